The van der Waals surface area contributed by atoms with Gasteiger partial charge in [-0.1, -0.05) is 24.3 Å². The van der Waals surface area contributed by atoms with Crippen LogP contribution < -0.4 is 51.4 Å². The number of hydrogen-bond acceptors (Lipinski definition) is 4. The van der Waals surface area contributed by atoms with Gasteiger partial charge in [-0.2, -0.15) is 16.8 Å². The molecule has 0 spiro atoms. The van der Waals surface area contributed by atoms with E-state index >= 15 is 0 Å². The summed E-state index contributed by atoms with van der Waals surface area (Å²) in [7, 11) is -8.48. The summed E-state index contributed by atoms with van der Waals surface area (Å²) in [4.78, 5) is -0.452. The Labute approximate surface area is 166 Å². The van der Waals surface area contributed by atoms with Crippen molar-refractivity contribution in [3.63, 3.8) is 0 Å². The molecular formula is C12H11KO6S2. The molecule has 0 aliphatic heterocycles. The summed E-state index contributed by atoms with van der Waals surface area (Å²) in [6.07, 6.45) is 0. The molecule has 0 radical (unpaired) electrons. The third kappa shape index (κ3) is 4.95. The average Bonchev–Trinajstić information content (AvgIpc) is 2.37. The molecule has 0 saturated carbocycles. The molecule has 0 unspecified atom stereocenters. The molecule has 9 heteroatoms. The Balaban J connectivity index is 0.00000220. The van der Waals surface area contributed by atoms with Crippen LogP contribution in [0.25, 0.3) is 11.1 Å². The summed E-state index contributed by atoms with van der Waals surface area (Å²) in [6.45, 7) is 0. The predicted molar refractivity (Wildman–Crippen MR) is 72.6 cm³/mol. The molecular weight excluding hydrogens is 343 g/mol. The molecule has 2 N–H and O–H groups in total. The maximum atomic E-state index is 10.9. The molecule has 6 nitrogen and oxygen atoms in total. The Morgan fingerprint density at radius 2 is 0.857 bits per heavy atom. The molecule has 0 aliphatic rings. The first kappa shape index (κ1) is 18.9. The first-order valence-electron chi connectivity index (χ1n) is 5.33. The summed E-state index contributed by atoms with van der Waals surface area (Å²) < 4.78 is 61.3. The second-order valence-corrected chi connectivity index (χ2v) is 6.84. The molecule has 2 rings (SSSR count). The number of benzene rings is 2. The summed E-state index contributed by atoms with van der Waals surface area (Å²) in [6, 6.07) is 10.9. The zero-order chi connectivity index (χ0) is 15.0. The van der Waals surface area contributed by atoms with E-state index in [1.165, 1.54) is 48.5 Å². The van der Waals surface area contributed by atoms with Gasteiger partial charge in [0.15, 0.2) is 0 Å². The van der Waals surface area contributed by atoms with E-state index in [4.69, 9.17) is 9.11 Å². The van der Waals surface area contributed by atoms with Crippen LogP contribution in [0.5, 0.6) is 0 Å². The minimum Gasteiger partial charge on any atom is -1.00 e. The molecule has 21 heavy (non-hydrogen) atoms. The third-order valence-corrected chi connectivity index (χ3v) is 4.37. The van der Waals surface area contributed by atoms with Crippen molar-refractivity contribution in [1.82, 2.24) is 0 Å². The first-order valence-corrected chi connectivity index (χ1v) is 8.21. The standard InChI is InChI=1S/C12H10O6S2.K.H/c13-19(14,15)11-5-1-9(2-6-11)10-3-7-12(8-4-10)20(16,17)18;;/h1-8H,(H,13,14,15)(H,16,17,18);;/q;+1;-1. The quantitative estimate of drug-likeness (QED) is 0.539. The first-order chi connectivity index (χ1) is 9.18. The molecule has 0 fully saturated rings. The van der Waals surface area contributed by atoms with E-state index in [0.717, 1.165) is 0 Å². The minimum atomic E-state index is -4.24. The summed E-state index contributed by atoms with van der Waals surface area (Å²) >= 11 is 0. The largest absolute Gasteiger partial charge is 1.00 e. The van der Waals surface area contributed by atoms with Crippen molar-refractivity contribution in [2.75, 3.05) is 0 Å². The Hall–Kier alpha value is -0.104. The average molecular weight is 354 g/mol. The van der Waals surface area contributed by atoms with E-state index in [2.05, 4.69) is 0 Å². The number of rotatable bonds is 3. The SMILES string of the molecule is O=S(=O)(O)c1ccc(-c2ccc(S(=O)(=O)O)cc2)cc1.[H-].[K+]. The summed E-state index contributed by atoms with van der Waals surface area (Å²) in [5.74, 6) is 0. The molecule has 0 saturated heterocycles. The van der Waals surface area contributed by atoms with Crippen molar-refractivity contribution in [3.05, 3.63) is 48.5 Å². The van der Waals surface area contributed by atoms with Crippen LogP contribution in [0.2, 0.25) is 0 Å². The fourth-order valence-corrected chi connectivity index (χ4v) is 2.60. The molecule has 0 aliphatic carbocycles. The molecule has 2 aromatic carbocycles. The van der Waals surface area contributed by atoms with E-state index in [0.29, 0.717) is 11.1 Å². The molecule has 0 amide bonds. The van der Waals surface area contributed by atoms with E-state index in [-0.39, 0.29) is 62.6 Å². The van der Waals surface area contributed by atoms with Gasteiger partial charge in [-0.05, 0) is 35.4 Å². The van der Waals surface area contributed by atoms with Gasteiger partial charge in [0.1, 0.15) is 0 Å². The van der Waals surface area contributed by atoms with Gasteiger partial charge in [-0.15, -0.1) is 0 Å². The topological polar surface area (TPSA) is 109 Å². The molecule has 0 heterocycles. The smallest absolute Gasteiger partial charge is 1.00 e. The van der Waals surface area contributed by atoms with Crippen LogP contribution in [0.4, 0.5) is 0 Å². The fraction of sp³-hybridized carbons (Fsp3) is 0. The van der Waals surface area contributed by atoms with Crippen molar-refractivity contribution in [2.24, 2.45) is 0 Å². The van der Waals surface area contributed by atoms with Crippen molar-refractivity contribution in [1.29, 1.82) is 0 Å². The van der Waals surface area contributed by atoms with Crippen LogP contribution >= 0.6 is 0 Å². The minimum absolute atomic E-state index is 0. The molecule has 2 aromatic rings. The molecule has 0 atom stereocenters. The van der Waals surface area contributed by atoms with Crippen molar-refractivity contribution < 1.29 is 78.8 Å². The van der Waals surface area contributed by atoms with Crippen LogP contribution in [0.15, 0.2) is 58.3 Å². The second-order valence-electron chi connectivity index (χ2n) is 4.00. The fourth-order valence-electron chi connectivity index (χ4n) is 1.64. The van der Waals surface area contributed by atoms with E-state index < -0.39 is 20.2 Å². The van der Waals surface area contributed by atoms with Crippen molar-refractivity contribution in [3.8, 4) is 11.1 Å². The van der Waals surface area contributed by atoms with Crippen LogP contribution in [0.1, 0.15) is 1.43 Å². The predicted octanol–water partition coefficient (Wildman–Crippen LogP) is -1.04. The van der Waals surface area contributed by atoms with E-state index in [1.807, 2.05) is 0 Å². The Bertz CT molecular complexity index is 757. The van der Waals surface area contributed by atoms with Gasteiger partial charge >= 0.3 is 51.4 Å². The third-order valence-electron chi connectivity index (χ3n) is 2.64. The van der Waals surface area contributed by atoms with Gasteiger partial charge in [0, 0.05) is 0 Å². The zero-order valence-electron chi connectivity index (χ0n) is 12.0. The van der Waals surface area contributed by atoms with Crippen LogP contribution in [-0.4, -0.2) is 25.9 Å². The molecule has 0 aromatic heterocycles. The van der Waals surface area contributed by atoms with Gasteiger partial charge in [0.05, 0.1) is 9.79 Å². The van der Waals surface area contributed by atoms with E-state index in [1.54, 1.807) is 0 Å². The van der Waals surface area contributed by atoms with E-state index in [9.17, 15) is 16.8 Å². The monoisotopic (exact) mass is 354 g/mol. The second kappa shape index (κ2) is 6.98. The van der Waals surface area contributed by atoms with Crippen molar-refractivity contribution >= 4 is 20.2 Å². The van der Waals surface area contributed by atoms with Gasteiger partial charge in [-0.25, -0.2) is 0 Å². The summed E-state index contributed by atoms with van der Waals surface area (Å²) in [5.41, 5.74) is 1.28. The molecule has 0 bridgehead atoms. The van der Waals surface area contributed by atoms with Crippen molar-refractivity contribution in [2.45, 2.75) is 9.79 Å². The number of hydrogen-bond donors (Lipinski definition) is 2. The Morgan fingerprint density at radius 1 is 0.619 bits per heavy atom. The Kier molecular flexibility index (Phi) is 6.30. The molecule has 108 valence electrons. The summed E-state index contributed by atoms with van der Waals surface area (Å²) in [5, 5.41) is 0. The maximum absolute atomic E-state index is 10.9. The van der Waals surface area contributed by atoms with Crippen LogP contribution in [0.3, 0.4) is 0 Å². The van der Waals surface area contributed by atoms with Gasteiger partial charge in [0.2, 0.25) is 0 Å². The van der Waals surface area contributed by atoms with Crippen LogP contribution in [-0.2, 0) is 20.2 Å². The zero-order valence-corrected chi connectivity index (χ0v) is 15.7. The van der Waals surface area contributed by atoms with Crippen LogP contribution in [0, 0.1) is 0 Å². The maximum Gasteiger partial charge on any atom is 1.00 e. The van der Waals surface area contributed by atoms with Gasteiger partial charge in [-0.3, -0.25) is 9.11 Å². The normalized spacial score (nSPS) is 11.7. The van der Waals surface area contributed by atoms with Gasteiger partial charge < -0.3 is 1.43 Å². The Morgan fingerprint density at radius 3 is 1.05 bits per heavy atom. The van der Waals surface area contributed by atoms with Gasteiger partial charge in [0.25, 0.3) is 20.2 Å².